The molecule has 0 aromatic carbocycles. The van der Waals surface area contributed by atoms with Gasteiger partial charge in [0, 0.05) is 19.3 Å². The summed E-state index contributed by atoms with van der Waals surface area (Å²) >= 11 is 0. The molecule has 0 radical (unpaired) electrons. The summed E-state index contributed by atoms with van der Waals surface area (Å²) in [4.78, 5) is 28.8. The van der Waals surface area contributed by atoms with E-state index in [1.807, 2.05) is 0 Å². The number of carboxylic acid groups (broad SMARTS) is 1. The summed E-state index contributed by atoms with van der Waals surface area (Å²) < 4.78 is 0. The highest BCUT2D eigenvalue weighted by atomic mass is 16.4. The second-order valence-corrected chi connectivity index (χ2v) is 5.69. The molecule has 2 heterocycles. The minimum Gasteiger partial charge on any atom is -0.478 e. The highest BCUT2D eigenvalue weighted by molar-refractivity contribution is 5.93. The van der Waals surface area contributed by atoms with Crippen LogP contribution in [0.15, 0.2) is 18.3 Å². The van der Waals surface area contributed by atoms with E-state index in [9.17, 15) is 9.59 Å². The Morgan fingerprint density at radius 2 is 2.00 bits per heavy atom. The van der Waals surface area contributed by atoms with E-state index >= 15 is 0 Å². The van der Waals surface area contributed by atoms with Crippen molar-refractivity contribution in [3.05, 3.63) is 29.6 Å². The Balaban J connectivity index is 2.03. The van der Waals surface area contributed by atoms with Gasteiger partial charge in [-0.25, -0.2) is 4.79 Å². The Hall–Kier alpha value is -1.91. The number of aromatic carboxylic acids is 1. The molecule has 1 amide bonds. The van der Waals surface area contributed by atoms with Gasteiger partial charge in [0.25, 0.3) is 5.91 Å². The van der Waals surface area contributed by atoms with Gasteiger partial charge in [0.05, 0.1) is 5.56 Å². The van der Waals surface area contributed by atoms with Gasteiger partial charge in [-0.15, -0.1) is 0 Å². The first-order valence-electron chi connectivity index (χ1n) is 6.94. The van der Waals surface area contributed by atoms with Crippen LogP contribution in [-0.4, -0.2) is 40.0 Å². The maximum atomic E-state index is 12.3. The Labute approximate surface area is 118 Å². The second-order valence-electron chi connectivity index (χ2n) is 5.69. The minimum absolute atomic E-state index is 0.0961. The van der Waals surface area contributed by atoms with E-state index < -0.39 is 5.97 Å². The van der Waals surface area contributed by atoms with Gasteiger partial charge in [-0.2, -0.15) is 0 Å². The topological polar surface area (TPSA) is 70.5 Å². The number of hydrogen-bond acceptors (Lipinski definition) is 3. The van der Waals surface area contributed by atoms with Crippen molar-refractivity contribution in [1.82, 2.24) is 9.88 Å². The van der Waals surface area contributed by atoms with E-state index in [4.69, 9.17) is 5.11 Å². The number of hydrogen-bond donors (Lipinski definition) is 1. The van der Waals surface area contributed by atoms with Crippen LogP contribution >= 0.6 is 0 Å². The zero-order valence-electron chi connectivity index (χ0n) is 11.9. The maximum Gasteiger partial charge on any atom is 0.337 e. The van der Waals surface area contributed by atoms with Crippen LogP contribution in [0.3, 0.4) is 0 Å². The third kappa shape index (κ3) is 2.98. The molecule has 0 spiro atoms. The average Bonchev–Trinajstić information content (AvgIpc) is 2.47. The Morgan fingerprint density at radius 1 is 1.35 bits per heavy atom. The fourth-order valence-electron chi connectivity index (χ4n) is 2.41. The molecule has 20 heavy (non-hydrogen) atoms. The third-order valence-corrected chi connectivity index (χ3v) is 4.34. The molecule has 1 saturated heterocycles. The first-order chi connectivity index (χ1) is 9.45. The number of aromatic nitrogens is 1. The van der Waals surface area contributed by atoms with E-state index in [0.717, 1.165) is 32.4 Å². The zero-order chi connectivity index (χ0) is 14.8. The molecule has 1 aliphatic heterocycles. The normalized spacial score (nSPS) is 17.8. The Morgan fingerprint density at radius 3 is 2.45 bits per heavy atom. The molecule has 5 heteroatoms. The fraction of sp³-hybridized carbons (Fsp3) is 0.533. The first kappa shape index (κ1) is 14.5. The van der Waals surface area contributed by atoms with Gasteiger partial charge in [-0.3, -0.25) is 9.78 Å². The van der Waals surface area contributed by atoms with Crippen molar-refractivity contribution in [1.29, 1.82) is 0 Å². The van der Waals surface area contributed by atoms with Crippen molar-refractivity contribution >= 4 is 11.9 Å². The molecule has 5 nitrogen and oxygen atoms in total. The summed E-state index contributed by atoms with van der Waals surface area (Å²) in [5.74, 6) is -1.15. The van der Waals surface area contributed by atoms with Crippen LogP contribution in [0.5, 0.6) is 0 Å². The molecule has 0 bridgehead atoms. The number of amides is 1. The lowest BCUT2D eigenvalue weighted by Gasteiger charge is -2.38. The number of piperidine rings is 1. The van der Waals surface area contributed by atoms with E-state index in [0.29, 0.717) is 11.1 Å². The van der Waals surface area contributed by atoms with Crippen molar-refractivity contribution in [2.75, 3.05) is 13.1 Å². The van der Waals surface area contributed by atoms with Gasteiger partial charge in [0.2, 0.25) is 0 Å². The van der Waals surface area contributed by atoms with Crippen LogP contribution in [-0.2, 0) is 0 Å². The lowest BCUT2D eigenvalue weighted by Crippen LogP contribution is -2.42. The van der Waals surface area contributed by atoms with Gasteiger partial charge in [0.15, 0.2) is 0 Å². The number of rotatable bonds is 3. The van der Waals surface area contributed by atoms with Crippen molar-refractivity contribution in [2.45, 2.75) is 33.1 Å². The van der Waals surface area contributed by atoms with Crippen LogP contribution in [0.1, 0.15) is 54.0 Å². The lowest BCUT2D eigenvalue weighted by molar-refractivity contribution is 0.0592. The lowest BCUT2D eigenvalue weighted by atomic mass is 9.78. The summed E-state index contributed by atoms with van der Waals surface area (Å²) in [6.07, 6.45) is 4.36. The van der Waals surface area contributed by atoms with Crippen LogP contribution in [0.2, 0.25) is 0 Å². The highest BCUT2D eigenvalue weighted by Crippen LogP contribution is 2.34. The zero-order valence-corrected chi connectivity index (χ0v) is 11.9. The molecule has 2 rings (SSSR count). The number of nitrogens with zero attached hydrogens (tertiary/aromatic N) is 2. The summed E-state index contributed by atoms with van der Waals surface area (Å²) in [5, 5.41) is 8.81. The predicted molar refractivity (Wildman–Crippen MR) is 74.7 cm³/mol. The maximum absolute atomic E-state index is 12.3. The van der Waals surface area contributed by atoms with Crippen LogP contribution < -0.4 is 0 Å². The standard InChI is InChI=1S/C15H20N2O3/c1-3-15(2)6-8-17(9-7-15)13(18)12-5-4-11(10-16-12)14(19)20/h4-5,10H,3,6-9H2,1-2H3,(H,19,20). The second kappa shape index (κ2) is 5.61. The molecule has 0 unspecified atom stereocenters. The SMILES string of the molecule is CCC1(C)CCN(C(=O)c2ccc(C(=O)O)cn2)CC1. The average molecular weight is 276 g/mol. The predicted octanol–water partition coefficient (Wildman–Crippen LogP) is 2.43. The van der Waals surface area contributed by atoms with Crippen molar-refractivity contribution in [3.63, 3.8) is 0 Å². The molecule has 108 valence electrons. The van der Waals surface area contributed by atoms with Crippen molar-refractivity contribution < 1.29 is 14.7 Å². The first-order valence-corrected chi connectivity index (χ1v) is 6.94. The Kier molecular flexibility index (Phi) is 4.06. The molecule has 1 N–H and O–H groups in total. The fourth-order valence-corrected chi connectivity index (χ4v) is 2.41. The van der Waals surface area contributed by atoms with Gasteiger partial charge >= 0.3 is 5.97 Å². The number of pyridine rings is 1. The molecule has 1 aromatic heterocycles. The Bertz CT molecular complexity index is 502. The van der Waals surface area contributed by atoms with E-state index in [1.54, 1.807) is 4.90 Å². The third-order valence-electron chi connectivity index (χ3n) is 4.34. The summed E-state index contributed by atoms with van der Waals surface area (Å²) in [7, 11) is 0. The molecule has 1 aromatic rings. The van der Waals surface area contributed by atoms with Gasteiger partial charge in [-0.05, 0) is 30.4 Å². The van der Waals surface area contributed by atoms with Crippen molar-refractivity contribution in [3.8, 4) is 0 Å². The molecule has 1 fully saturated rings. The van der Waals surface area contributed by atoms with E-state index in [2.05, 4.69) is 18.8 Å². The number of carbonyl (C=O) groups excluding carboxylic acids is 1. The van der Waals surface area contributed by atoms with E-state index in [1.165, 1.54) is 18.3 Å². The minimum atomic E-state index is -1.03. The number of carbonyl (C=O) groups is 2. The molecular weight excluding hydrogens is 256 g/mol. The summed E-state index contributed by atoms with van der Waals surface area (Å²) in [6.45, 7) is 5.93. The summed E-state index contributed by atoms with van der Waals surface area (Å²) in [6, 6.07) is 2.90. The van der Waals surface area contributed by atoms with E-state index in [-0.39, 0.29) is 11.5 Å². The van der Waals surface area contributed by atoms with Gasteiger partial charge in [0.1, 0.15) is 5.69 Å². The molecule has 0 atom stereocenters. The molecular formula is C15H20N2O3. The number of carboxylic acids is 1. The van der Waals surface area contributed by atoms with Gasteiger partial charge < -0.3 is 10.0 Å². The van der Waals surface area contributed by atoms with Crippen LogP contribution in [0.4, 0.5) is 0 Å². The van der Waals surface area contributed by atoms with Gasteiger partial charge in [-0.1, -0.05) is 20.3 Å². The number of likely N-dealkylation sites (tertiary alicyclic amines) is 1. The molecule has 0 saturated carbocycles. The summed E-state index contributed by atoms with van der Waals surface area (Å²) in [5.41, 5.74) is 0.742. The monoisotopic (exact) mass is 276 g/mol. The van der Waals surface area contributed by atoms with Crippen LogP contribution in [0, 0.1) is 5.41 Å². The largest absolute Gasteiger partial charge is 0.478 e. The highest BCUT2D eigenvalue weighted by Gasteiger charge is 2.30. The van der Waals surface area contributed by atoms with Crippen molar-refractivity contribution in [2.24, 2.45) is 5.41 Å². The molecule has 1 aliphatic rings. The molecule has 0 aliphatic carbocycles. The van der Waals surface area contributed by atoms with Crippen LogP contribution in [0.25, 0.3) is 0 Å². The quantitative estimate of drug-likeness (QED) is 0.920. The smallest absolute Gasteiger partial charge is 0.337 e.